The largest absolute Gasteiger partial charge is 0.351 e. The van der Waals surface area contributed by atoms with Crippen molar-refractivity contribution in [2.75, 3.05) is 17.2 Å². The molecule has 2 aromatic carbocycles. The first-order valence-corrected chi connectivity index (χ1v) is 10.3. The van der Waals surface area contributed by atoms with E-state index >= 15 is 0 Å². The van der Waals surface area contributed by atoms with Crippen molar-refractivity contribution in [3.8, 4) is 0 Å². The number of aryl methyl sites for hydroxylation is 1. The van der Waals surface area contributed by atoms with Crippen LogP contribution in [0.15, 0.2) is 41.3 Å². The van der Waals surface area contributed by atoms with E-state index < -0.39 is 21.5 Å². The minimum atomic E-state index is -3.43. The van der Waals surface area contributed by atoms with Gasteiger partial charge in [0.05, 0.1) is 15.7 Å². The van der Waals surface area contributed by atoms with Crippen LogP contribution in [0.1, 0.15) is 11.1 Å². The maximum Gasteiger partial charge on any atom is 0.185 e. The molecule has 27 heavy (non-hydrogen) atoms. The number of pyridine rings is 1. The molecule has 0 fully saturated rings. The molecule has 0 unspecified atom stereocenters. The molecule has 140 valence electrons. The number of halogens is 3. The summed E-state index contributed by atoms with van der Waals surface area (Å²) in [5.74, 6) is -1.82. The SMILES string of the molecule is Cc1cc2c(Cl)cc(N3CCS(=O)(=O)c4ccccc4C3)nc2c(F)c1F. The van der Waals surface area contributed by atoms with Gasteiger partial charge in [-0.05, 0) is 36.2 Å². The molecule has 4 rings (SSSR count). The maximum absolute atomic E-state index is 14.4. The fourth-order valence-electron chi connectivity index (χ4n) is 3.29. The van der Waals surface area contributed by atoms with Gasteiger partial charge in [0.15, 0.2) is 21.5 Å². The normalized spacial score (nSPS) is 16.2. The van der Waals surface area contributed by atoms with Gasteiger partial charge in [-0.2, -0.15) is 0 Å². The molecule has 0 saturated heterocycles. The minimum Gasteiger partial charge on any atom is -0.351 e. The Balaban J connectivity index is 1.86. The van der Waals surface area contributed by atoms with Gasteiger partial charge in [-0.15, -0.1) is 0 Å². The Morgan fingerprint density at radius 3 is 2.67 bits per heavy atom. The Morgan fingerprint density at radius 2 is 1.89 bits per heavy atom. The van der Waals surface area contributed by atoms with Crippen molar-refractivity contribution in [1.29, 1.82) is 0 Å². The standard InChI is InChI=1S/C19H15ClF2N2O2S/c1-11-8-13-14(20)9-16(23-19(13)18(22)17(11)21)24-6-7-27(25,26)15-5-3-2-4-12(15)10-24/h2-5,8-9H,6-7,10H2,1H3. The van der Waals surface area contributed by atoms with Gasteiger partial charge >= 0.3 is 0 Å². The molecule has 2 heterocycles. The topological polar surface area (TPSA) is 50.3 Å². The highest BCUT2D eigenvalue weighted by atomic mass is 35.5. The van der Waals surface area contributed by atoms with Crippen LogP contribution in [0.25, 0.3) is 10.9 Å². The van der Waals surface area contributed by atoms with Gasteiger partial charge in [0.2, 0.25) is 0 Å². The van der Waals surface area contributed by atoms with Gasteiger partial charge < -0.3 is 4.90 Å². The molecule has 1 aromatic heterocycles. The molecule has 0 saturated carbocycles. The van der Waals surface area contributed by atoms with Crippen LogP contribution in [0.4, 0.5) is 14.6 Å². The van der Waals surface area contributed by atoms with Crippen molar-refractivity contribution in [3.05, 3.63) is 64.2 Å². The number of rotatable bonds is 1. The lowest BCUT2D eigenvalue weighted by Gasteiger charge is -2.22. The zero-order valence-electron chi connectivity index (χ0n) is 14.3. The van der Waals surface area contributed by atoms with E-state index in [0.29, 0.717) is 16.8 Å². The van der Waals surface area contributed by atoms with Crippen LogP contribution in [0.3, 0.4) is 0 Å². The van der Waals surface area contributed by atoms with Gasteiger partial charge in [0, 0.05) is 18.5 Å². The number of nitrogens with zero attached hydrogens (tertiary/aromatic N) is 2. The molecule has 3 aromatic rings. The van der Waals surface area contributed by atoms with E-state index in [1.54, 1.807) is 35.2 Å². The Hall–Kier alpha value is -2.25. The summed E-state index contributed by atoms with van der Waals surface area (Å²) in [5, 5.41) is 0.553. The number of benzene rings is 2. The summed E-state index contributed by atoms with van der Waals surface area (Å²) in [6, 6.07) is 9.76. The lowest BCUT2D eigenvalue weighted by Crippen LogP contribution is -2.26. The molecule has 4 nitrogen and oxygen atoms in total. The quantitative estimate of drug-likeness (QED) is 0.603. The average molecular weight is 409 g/mol. The van der Waals surface area contributed by atoms with E-state index in [2.05, 4.69) is 4.98 Å². The van der Waals surface area contributed by atoms with Crippen molar-refractivity contribution < 1.29 is 17.2 Å². The molecule has 0 bridgehead atoms. The van der Waals surface area contributed by atoms with Crippen LogP contribution < -0.4 is 4.90 Å². The third-order valence-electron chi connectivity index (χ3n) is 4.73. The molecule has 0 radical (unpaired) electrons. The van der Waals surface area contributed by atoms with Gasteiger partial charge in [-0.1, -0.05) is 29.8 Å². The Morgan fingerprint density at radius 1 is 1.15 bits per heavy atom. The van der Waals surface area contributed by atoms with Crippen LogP contribution in [0, 0.1) is 18.6 Å². The maximum atomic E-state index is 14.4. The first-order valence-electron chi connectivity index (χ1n) is 8.28. The van der Waals surface area contributed by atoms with Crippen molar-refractivity contribution in [3.63, 3.8) is 0 Å². The number of aromatic nitrogens is 1. The molecule has 1 aliphatic heterocycles. The van der Waals surface area contributed by atoms with Gasteiger partial charge in [0.25, 0.3) is 0 Å². The van der Waals surface area contributed by atoms with Crippen molar-refractivity contribution in [1.82, 2.24) is 4.98 Å². The van der Waals surface area contributed by atoms with E-state index in [-0.39, 0.29) is 39.8 Å². The molecule has 1 aliphatic rings. The number of sulfone groups is 1. The van der Waals surface area contributed by atoms with E-state index in [9.17, 15) is 17.2 Å². The van der Waals surface area contributed by atoms with Crippen molar-refractivity contribution in [2.45, 2.75) is 18.4 Å². The molecular formula is C19H15ClF2N2O2S. The van der Waals surface area contributed by atoms with E-state index in [1.165, 1.54) is 13.0 Å². The van der Waals surface area contributed by atoms with Crippen molar-refractivity contribution >= 4 is 38.2 Å². The first kappa shape index (κ1) is 18.1. The number of hydrogen-bond donors (Lipinski definition) is 0. The molecule has 0 N–H and O–H groups in total. The highest BCUT2D eigenvalue weighted by Crippen LogP contribution is 2.33. The summed E-state index contributed by atoms with van der Waals surface area (Å²) in [7, 11) is -3.43. The minimum absolute atomic E-state index is 0.105. The summed E-state index contributed by atoms with van der Waals surface area (Å²) >= 11 is 6.30. The molecule has 0 atom stereocenters. The predicted octanol–water partition coefficient (Wildman–Crippen LogP) is 4.27. The second-order valence-electron chi connectivity index (χ2n) is 6.53. The Labute approximate surface area is 160 Å². The van der Waals surface area contributed by atoms with Crippen LogP contribution in [0.2, 0.25) is 5.02 Å². The van der Waals surface area contributed by atoms with Crippen LogP contribution in [-0.2, 0) is 16.4 Å². The monoisotopic (exact) mass is 408 g/mol. The van der Waals surface area contributed by atoms with E-state index in [1.807, 2.05) is 0 Å². The first-order chi connectivity index (χ1) is 12.8. The fourth-order valence-corrected chi connectivity index (χ4v) is 5.03. The van der Waals surface area contributed by atoms with Crippen molar-refractivity contribution in [2.24, 2.45) is 0 Å². The van der Waals surface area contributed by atoms with Gasteiger partial charge in [-0.3, -0.25) is 0 Å². The van der Waals surface area contributed by atoms with Gasteiger partial charge in [0.1, 0.15) is 11.3 Å². The van der Waals surface area contributed by atoms with Crippen LogP contribution >= 0.6 is 11.6 Å². The highest BCUT2D eigenvalue weighted by Gasteiger charge is 2.26. The highest BCUT2D eigenvalue weighted by molar-refractivity contribution is 7.91. The smallest absolute Gasteiger partial charge is 0.185 e. The zero-order valence-corrected chi connectivity index (χ0v) is 15.9. The summed E-state index contributed by atoms with van der Waals surface area (Å²) in [4.78, 5) is 6.25. The Kier molecular flexibility index (Phi) is 4.31. The molecule has 0 amide bonds. The third-order valence-corrected chi connectivity index (χ3v) is 6.83. The second kappa shape index (κ2) is 6.42. The lowest BCUT2D eigenvalue weighted by atomic mass is 10.1. The zero-order chi connectivity index (χ0) is 19.3. The van der Waals surface area contributed by atoms with Gasteiger partial charge in [-0.25, -0.2) is 22.2 Å². The summed E-state index contributed by atoms with van der Waals surface area (Å²) in [6.45, 7) is 1.90. The summed E-state index contributed by atoms with van der Waals surface area (Å²) in [5.41, 5.74) is 0.607. The number of anilines is 1. The number of fused-ring (bicyclic) bond motifs is 2. The lowest BCUT2D eigenvalue weighted by molar-refractivity contribution is 0.510. The van der Waals surface area contributed by atoms with E-state index in [0.717, 1.165) is 0 Å². The second-order valence-corrected chi connectivity index (χ2v) is 9.01. The summed E-state index contributed by atoms with van der Waals surface area (Å²) in [6.07, 6.45) is 0. The van der Waals surface area contributed by atoms with Crippen LogP contribution in [0.5, 0.6) is 0 Å². The molecule has 0 aliphatic carbocycles. The third kappa shape index (κ3) is 3.04. The molecule has 0 spiro atoms. The van der Waals surface area contributed by atoms with Crippen LogP contribution in [-0.4, -0.2) is 25.7 Å². The average Bonchev–Trinajstić information content (AvgIpc) is 2.77. The number of hydrogen-bond acceptors (Lipinski definition) is 4. The predicted molar refractivity (Wildman–Crippen MR) is 101 cm³/mol. The summed E-state index contributed by atoms with van der Waals surface area (Å²) < 4.78 is 53.4. The Bertz CT molecular complexity index is 1180. The fraction of sp³-hybridized carbons (Fsp3) is 0.211. The molecular weight excluding hydrogens is 394 g/mol. The molecule has 8 heteroatoms. The van der Waals surface area contributed by atoms with E-state index in [4.69, 9.17) is 11.6 Å².